The number of nitrogens with zero attached hydrogens (tertiary/aromatic N) is 1. The Bertz CT molecular complexity index is 191. The molecule has 1 rings (SSSR count). The molecule has 3 heteroatoms. The van der Waals surface area contributed by atoms with Gasteiger partial charge in [-0.3, -0.25) is 4.79 Å². The minimum Gasteiger partial charge on any atom is -0.481 e. The van der Waals surface area contributed by atoms with Crippen molar-refractivity contribution in [2.75, 3.05) is 7.05 Å². The van der Waals surface area contributed by atoms with Crippen LogP contribution in [0.15, 0.2) is 0 Å². The predicted octanol–water partition coefficient (Wildman–Crippen LogP) is 1.58. The Balaban J connectivity index is 2.62. The molecule has 0 spiro atoms. The van der Waals surface area contributed by atoms with Crippen molar-refractivity contribution >= 4 is 5.97 Å². The van der Waals surface area contributed by atoms with E-state index in [0.717, 1.165) is 19.3 Å². The third-order valence-corrected chi connectivity index (χ3v) is 3.13. The first-order valence-corrected chi connectivity index (χ1v) is 4.98. The molecule has 3 nitrogen and oxygen atoms in total. The molecule has 0 radical (unpaired) electrons. The molecule has 0 aliphatic heterocycles. The standard InChI is InChI=1S/C10H19NO2/c1-7(2)11(3)9-6-4-5-8(9)10(12)13/h7-9H,4-6H2,1-3H3,(H,12,13). The zero-order valence-electron chi connectivity index (χ0n) is 8.66. The molecule has 13 heavy (non-hydrogen) atoms. The van der Waals surface area contributed by atoms with Gasteiger partial charge in [-0.15, -0.1) is 0 Å². The van der Waals surface area contributed by atoms with Crippen molar-refractivity contribution in [3.63, 3.8) is 0 Å². The van der Waals surface area contributed by atoms with Gasteiger partial charge in [0.2, 0.25) is 0 Å². The molecule has 0 heterocycles. The molecule has 0 bridgehead atoms. The zero-order valence-corrected chi connectivity index (χ0v) is 8.66. The lowest BCUT2D eigenvalue weighted by Crippen LogP contribution is -2.41. The van der Waals surface area contributed by atoms with E-state index in [1.807, 2.05) is 7.05 Å². The Kier molecular flexibility index (Phi) is 3.31. The van der Waals surface area contributed by atoms with E-state index in [2.05, 4.69) is 18.7 Å². The van der Waals surface area contributed by atoms with Crippen molar-refractivity contribution in [2.45, 2.75) is 45.2 Å². The minimum atomic E-state index is -0.630. The highest BCUT2D eigenvalue weighted by molar-refractivity contribution is 5.71. The largest absolute Gasteiger partial charge is 0.481 e. The first kappa shape index (κ1) is 10.5. The summed E-state index contributed by atoms with van der Waals surface area (Å²) >= 11 is 0. The van der Waals surface area contributed by atoms with Crippen LogP contribution in [0.1, 0.15) is 33.1 Å². The van der Waals surface area contributed by atoms with Crippen LogP contribution >= 0.6 is 0 Å². The van der Waals surface area contributed by atoms with E-state index in [0.29, 0.717) is 6.04 Å². The quantitative estimate of drug-likeness (QED) is 0.725. The molecule has 0 saturated heterocycles. The van der Waals surface area contributed by atoms with E-state index < -0.39 is 5.97 Å². The second kappa shape index (κ2) is 4.09. The zero-order chi connectivity index (χ0) is 10.0. The highest BCUT2D eigenvalue weighted by Gasteiger charge is 2.35. The lowest BCUT2D eigenvalue weighted by Gasteiger charge is -2.30. The van der Waals surface area contributed by atoms with Crippen molar-refractivity contribution in [2.24, 2.45) is 5.92 Å². The predicted molar refractivity (Wildman–Crippen MR) is 51.7 cm³/mol. The molecule has 1 aliphatic carbocycles. The molecule has 2 unspecified atom stereocenters. The highest BCUT2D eigenvalue weighted by atomic mass is 16.4. The van der Waals surface area contributed by atoms with Crippen LogP contribution < -0.4 is 0 Å². The summed E-state index contributed by atoms with van der Waals surface area (Å²) in [5.41, 5.74) is 0. The summed E-state index contributed by atoms with van der Waals surface area (Å²) in [4.78, 5) is 13.1. The highest BCUT2D eigenvalue weighted by Crippen LogP contribution is 2.30. The summed E-state index contributed by atoms with van der Waals surface area (Å²) in [7, 11) is 2.02. The maximum absolute atomic E-state index is 10.9. The number of hydrogen-bond acceptors (Lipinski definition) is 2. The monoisotopic (exact) mass is 185 g/mol. The molecule has 1 saturated carbocycles. The van der Waals surface area contributed by atoms with E-state index in [4.69, 9.17) is 5.11 Å². The molecular formula is C10H19NO2. The fourth-order valence-corrected chi connectivity index (χ4v) is 2.10. The molecular weight excluding hydrogens is 166 g/mol. The van der Waals surface area contributed by atoms with Gasteiger partial charge in [-0.1, -0.05) is 6.42 Å². The van der Waals surface area contributed by atoms with Crippen LogP contribution in [-0.2, 0) is 4.79 Å². The van der Waals surface area contributed by atoms with Crippen LogP contribution in [0.4, 0.5) is 0 Å². The van der Waals surface area contributed by atoms with Crippen LogP contribution in [-0.4, -0.2) is 35.1 Å². The number of carboxylic acids is 1. The van der Waals surface area contributed by atoms with Gasteiger partial charge >= 0.3 is 5.97 Å². The van der Waals surface area contributed by atoms with Crippen molar-refractivity contribution in [1.82, 2.24) is 4.90 Å². The molecule has 76 valence electrons. The fraction of sp³-hybridized carbons (Fsp3) is 0.900. The van der Waals surface area contributed by atoms with Crippen molar-refractivity contribution in [1.29, 1.82) is 0 Å². The fourth-order valence-electron chi connectivity index (χ4n) is 2.10. The summed E-state index contributed by atoms with van der Waals surface area (Å²) in [6, 6.07) is 0.683. The Morgan fingerprint density at radius 2 is 2.08 bits per heavy atom. The number of rotatable bonds is 3. The first-order valence-electron chi connectivity index (χ1n) is 4.98. The Hall–Kier alpha value is -0.570. The smallest absolute Gasteiger partial charge is 0.308 e. The van der Waals surface area contributed by atoms with Gasteiger partial charge in [-0.2, -0.15) is 0 Å². The SMILES string of the molecule is CC(C)N(C)C1CCCC1C(=O)O. The van der Waals surface area contributed by atoms with E-state index in [1.54, 1.807) is 0 Å². The van der Waals surface area contributed by atoms with E-state index >= 15 is 0 Å². The molecule has 0 amide bonds. The molecule has 0 aromatic rings. The molecule has 0 aromatic carbocycles. The van der Waals surface area contributed by atoms with E-state index in [9.17, 15) is 4.79 Å². The third kappa shape index (κ3) is 2.21. The summed E-state index contributed by atoms with van der Waals surface area (Å²) in [6.45, 7) is 4.22. The van der Waals surface area contributed by atoms with Gasteiger partial charge in [0.25, 0.3) is 0 Å². The maximum Gasteiger partial charge on any atom is 0.308 e. The topological polar surface area (TPSA) is 40.5 Å². The van der Waals surface area contributed by atoms with E-state index in [1.165, 1.54) is 0 Å². The van der Waals surface area contributed by atoms with E-state index in [-0.39, 0.29) is 12.0 Å². The Morgan fingerprint density at radius 3 is 2.54 bits per heavy atom. The summed E-state index contributed by atoms with van der Waals surface area (Å²) in [5.74, 6) is -0.776. The van der Waals surface area contributed by atoms with Crippen molar-refractivity contribution in [3.05, 3.63) is 0 Å². The van der Waals surface area contributed by atoms with Crippen LogP contribution in [0.25, 0.3) is 0 Å². The maximum atomic E-state index is 10.9. The molecule has 1 aliphatic rings. The Morgan fingerprint density at radius 1 is 1.46 bits per heavy atom. The molecule has 0 aromatic heterocycles. The lowest BCUT2D eigenvalue weighted by atomic mass is 10.0. The van der Waals surface area contributed by atoms with Gasteiger partial charge in [0.1, 0.15) is 0 Å². The lowest BCUT2D eigenvalue weighted by molar-refractivity contribution is -0.143. The minimum absolute atomic E-state index is 0.146. The summed E-state index contributed by atoms with van der Waals surface area (Å²) in [5, 5.41) is 8.99. The number of hydrogen-bond donors (Lipinski definition) is 1. The first-order chi connectivity index (χ1) is 6.04. The van der Waals surface area contributed by atoms with Gasteiger partial charge in [0, 0.05) is 12.1 Å². The average Bonchev–Trinajstić information content (AvgIpc) is 2.50. The summed E-state index contributed by atoms with van der Waals surface area (Å²) < 4.78 is 0. The van der Waals surface area contributed by atoms with Crippen molar-refractivity contribution in [3.8, 4) is 0 Å². The van der Waals surface area contributed by atoms with Crippen molar-refractivity contribution < 1.29 is 9.90 Å². The summed E-state index contributed by atoms with van der Waals surface area (Å²) in [6.07, 6.45) is 2.93. The second-order valence-corrected chi connectivity index (χ2v) is 4.20. The third-order valence-electron chi connectivity index (χ3n) is 3.13. The number of carbonyl (C=O) groups is 1. The normalized spacial score (nSPS) is 28.7. The van der Waals surface area contributed by atoms with Gasteiger partial charge in [0.05, 0.1) is 5.92 Å². The molecule has 1 N–H and O–H groups in total. The van der Waals surface area contributed by atoms with Gasteiger partial charge in [-0.25, -0.2) is 0 Å². The molecule has 1 fully saturated rings. The van der Waals surface area contributed by atoms with Gasteiger partial charge < -0.3 is 10.0 Å². The van der Waals surface area contributed by atoms with Crippen LogP contribution in [0.2, 0.25) is 0 Å². The van der Waals surface area contributed by atoms with Crippen LogP contribution in [0, 0.1) is 5.92 Å². The van der Waals surface area contributed by atoms with Gasteiger partial charge in [0.15, 0.2) is 0 Å². The Labute approximate surface area is 79.7 Å². The van der Waals surface area contributed by atoms with Gasteiger partial charge in [-0.05, 0) is 33.7 Å². The second-order valence-electron chi connectivity index (χ2n) is 4.20. The van der Waals surface area contributed by atoms with Crippen LogP contribution in [0.5, 0.6) is 0 Å². The number of carboxylic acid groups (broad SMARTS) is 1. The number of aliphatic carboxylic acids is 1. The van der Waals surface area contributed by atoms with Crippen LogP contribution in [0.3, 0.4) is 0 Å². The average molecular weight is 185 g/mol. The molecule has 2 atom stereocenters.